The second-order valence-electron chi connectivity index (χ2n) is 19.2. The molecule has 0 saturated heterocycles. The van der Waals surface area contributed by atoms with Crippen LogP contribution >= 0.6 is 34.4 Å². The highest BCUT2D eigenvalue weighted by Crippen LogP contribution is 2.46. The number of Topliss-reactive ketones (excluding diaryl/α,β-unsaturated/α-hetero) is 2. The lowest BCUT2D eigenvalue weighted by Crippen LogP contribution is -2.22. The molecule has 32 heteroatoms. The zero-order valence-corrected chi connectivity index (χ0v) is 54.7. The predicted molar refractivity (Wildman–Crippen MR) is 359 cm³/mol. The lowest BCUT2D eigenvalue weighted by Gasteiger charge is -2.25. The van der Waals surface area contributed by atoms with Gasteiger partial charge in [0.25, 0.3) is 21.9 Å². The van der Waals surface area contributed by atoms with Gasteiger partial charge in [0, 0.05) is 65.8 Å². The van der Waals surface area contributed by atoms with E-state index in [0.717, 1.165) is 24.3 Å². The van der Waals surface area contributed by atoms with Gasteiger partial charge in [-0.1, -0.05) is 30.8 Å². The molecule has 0 atom stereocenters. The fourth-order valence-corrected chi connectivity index (χ4v) is 12.5. The van der Waals surface area contributed by atoms with Crippen molar-refractivity contribution in [3.8, 4) is 17.6 Å². The Hall–Kier alpha value is -10.8. The van der Waals surface area contributed by atoms with Crippen LogP contribution in [0.15, 0.2) is 121 Å². The first-order valence-electron chi connectivity index (χ1n) is 28.1. The zero-order chi connectivity index (χ0) is 67.7. The number of rotatable bonds is 30. The number of azo groups is 2. The molecular weight excluding hydrogens is 1280 g/mol. The second-order valence-corrected chi connectivity index (χ2v) is 23.9. The fraction of sp³-hybridized carbons (Fsp3) is 0.230. The molecule has 93 heavy (non-hydrogen) atoms. The molecule has 0 radical (unpaired) electrons. The molecule has 8 N–H and O–H groups in total. The van der Waals surface area contributed by atoms with Crippen molar-refractivity contribution in [2.45, 2.75) is 58.5 Å². The number of nitrogens with zero attached hydrogens (tertiary/aromatic N) is 11. The minimum absolute atomic E-state index is 0.0109. The Bertz CT molecular complexity index is 4390. The Labute approximate surface area is 546 Å². The standard InChI is InChI=1S/C61H61N17O11S4/c1-11-77(12-2)48-27-43(45(29-50(48)88-9)73-75-57-42(31-62)53(93(85,86)87)52(92-57)26-41(34(7)81)56(84)66-37-20-16-18-35(22-37)54(63)82)68-59-70-60(72-61(71-59)90-15-5)69-44-28-49(78(13-3)14-4)51(89-10)30-46(44)74-76-58-47(64-8)25-39(91-58)24-40(33(6)80)55(83)67-38-21-17-19-36(23-38)65-32-79/h16-30,32H,11-15H2,1-7,9-10H3,(H2,63,82)(H,65,79)(H,66,84)(H,67,83)(H,85,86,87)(H2,68,69,70,71,72)/b40-24+,41-26-,75-73?,76-74?. The van der Waals surface area contributed by atoms with Gasteiger partial charge >= 0.3 is 0 Å². The van der Waals surface area contributed by atoms with Crippen LogP contribution in [0.5, 0.6) is 11.5 Å². The van der Waals surface area contributed by atoms with Crippen LogP contribution in [0.2, 0.25) is 0 Å². The Morgan fingerprint density at radius 2 is 1.25 bits per heavy atom. The maximum absolute atomic E-state index is 13.6. The maximum atomic E-state index is 13.6. The van der Waals surface area contributed by atoms with Crippen molar-refractivity contribution < 1.29 is 51.2 Å². The zero-order valence-electron chi connectivity index (χ0n) is 51.4. The molecule has 0 fully saturated rings. The number of hydrogen-bond donors (Lipinski definition) is 7. The van der Waals surface area contributed by atoms with E-state index in [4.69, 9.17) is 36.7 Å². The van der Waals surface area contributed by atoms with Crippen LogP contribution in [0.25, 0.3) is 17.0 Å². The van der Waals surface area contributed by atoms with Gasteiger partial charge in [0.05, 0.1) is 59.6 Å². The van der Waals surface area contributed by atoms with Crippen molar-refractivity contribution in [3.05, 3.63) is 122 Å². The molecule has 7 rings (SSSR count). The fourth-order valence-electron chi connectivity index (χ4n) is 8.92. The number of ketones is 2. The molecule has 0 aliphatic rings. The lowest BCUT2D eigenvalue weighted by molar-refractivity contribution is -0.120. The molecule has 3 heterocycles. The monoisotopic (exact) mass is 1340 g/mol. The number of nitrogens with one attached hydrogen (secondary N) is 5. The van der Waals surface area contributed by atoms with Crippen molar-refractivity contribution in [2.24, 2.45) is 26.2 Å². The quantitative estimate of drug-likeness (QED) is 0.00321. The summed E-state index contributed by atoms with van der Waals surface area (Å²) in [5.74, 6) is -2.67. The summed E-state index contributed by atoms with van der Waals surface area (Å²) in [4.78, 5) is 96.8. The van der Waals surface area contributed by atoms with E-state index in [0.29, 0.717) is 94.5 Å². The normalized spacial score (nSPS) is 11.6. The lowest BCUT2D eigenvalue weighted by atomic mass is 10.1. The van der Waals surface area contributed by atoms with E-state index in [1.54, 1.807) is 42.5 Å². The first kappa shape index (κ1) is 69.7. The third-order valence-corrected chi connectivity index (χ3v) is 17.1. The third kappa shape index (κ3) is 17.4. The highest BCUT2D eigenvalue weighted by molar-refractivity contribution is 7.99. The van der Waals surface area contributed by atoms with Gasteiger partial charge in [0.15, 0.2) is 21.7 Å². The van der Waals surface area contributed by atoms with Crippen molar-refractivity contribution >= 4 is 171 Å². The van der Waals surface area contributed by atoms with Crippen LogP contribution in [0.1, 0.15) is 74.1 Å². The number of ether oxygens (including phenoxy) is 2. The molecule has 7 aromatic rings. The van der Waals surface area contributed by atoms with Gasteiger partial charge in [-0.3, -0.25) is 33.3 Å². The van der Waals surface area contributed by atoms with Crippen LogP contribution in [0, 0.1) is 17.9 Å². The number of thiophene rings is 2. The van der Waals surface area contributed by atoms with E-state index in [1.165, 1.54) is 81.4 Å². The number of primary amides is 1. The molecule has 4 amide bonds. The number of benzene rings is 4. The van der Waals surface area contributed by atoms with Crippen molar-refractivity contribution in [3.63, 3.8) is 0 Å². The SMILES string of the molecule is [C-]#[N+]c1cc(/C=C(\C(C)=O)C(=O)Nc2cccc(NC=O)c2)sc1N=Nc1cc(OC)c(N(CC)CC)cc1Nc1nc(Nc2cc(N(CC)CC)c(OC)cc2N=Nc2sc(/C=C(/C(C)=O)C(=O)Nc3cccc(C(N)=O)c3)c(S(=O)(=O)O)c2C#N)nc(SCC)n1. The summed E-state index contributed by atoms with van der Waals surface area (Å²) in [6, 6.07) is 21.8. The molecule has 0 saturated carbocycles. The topological polar surface area (TPSA) is 384 Å². The van der Waals surface area contributed by atoms with E-state index < -0.39 is 60.3 Å². The molecule has 480 valence electrons. The molecule has 28 nitrogen and oxygen atoms in total. The number of nitrogens with two attached hydrogens (primary N) is 1. The number of aromatic nitrogens is 3. The van der Waals surface area contributed by atoms with E-state index in [1.807, 2.05) is 44.4 Å². The minimum atomic E-state index is -5.26. The van der Waals surface area contributed by atoms with Gasteiger partial charge in [0.1, 0.15) is 44.4 Å². The van der Waals surface area contributed by atoms with Gasteiger partial charge in [-0.05, 0) is 114 Å². The van der Waals surface area contributed by atoms with E-state index >= 15 is 0 Å². The van der Waals surface area contributed by atoms with Gasteiger partial charge in [-0.25, -0.2) is 4.85 Å². The van der Waals surface area contributed by atoms with Crippen molar-refractivity contribution in [2.75, 3.05) is 82.5 Å². The predicted octanol–water partition coefficient (Wildman–Crippen LogP) is 12.7. The molecule has 0 unspecified atom stereocenters. The van der Waals surface area contributed by atoms with Crippen LogP contribution in [0.3, 0.4) is 0 Å². The summed E-state index contributed by atoms with van der Waals surface area (Å²) in [5, 5.41) is 42.6. The molecule has 0 spiro atoms. The van der Waals surface area contributed by atoms with Crippen LogP contribution in [-0.2, 0) is 34.1 Å². The Balaban J connectivity index is 1.31. The van der Waals surface area contributed by atoms with Crippen LogP contribution in [0.4, 0.5) is 78.8 Å². The summed E-state index contributed by atoms with van der Waals surface area (Å²) < 4.78 is 48.4. The smallest absolute Gasteiger partial charge is 0.297 e. The number of anilines is 9. The first-order chi connectivity index (χ1) is 44.5. The van der Waals surface area contributed by atoms with Crippen LogP contribution in [-0.4, -0.2) is 110 Å². The largest absolute Gasteiger partial charge is 0.494 e. The molecule has 0 aliphatic heterocycles. The Kier molecular flexibility index (Phi) is 23.8. The summed E-state index contributed by atoms with van der Waals surface area (Å²) in [5.41, 5.74) is 6.89. The summed E-state index contributed by atoms with van der Waals surface area (Å²) in [6.07, 6.45) is 2.73. The van der Waals surface area contributed by atoms with Gasteiger partial charge in [0.2, 0.25) is 29.9 Å². The number of amides is 4. The summed E-state index contributed by atoms with van der Waals surface area (Å²) in [7, 11) is -2.31. The van der Waals surface area contributed by atoms with Crippen LogP contribution < -0.4 is 51.6 Å². The van der Waals surface area contributed by atoms with Gasteiger partial charge < -0.3 is 51.6 Å². The second kappa shape index (κ2) is 31.8. The number of carbonyl (C=O) groups excluding carboxylic acids is 6. The van der Waals surface area contributed by atoms with E-state index in [9.17, 15) is 47.0 Å². The number of hydrogen-bond acceptors (Lipinski definition) is 25. The maximum Gasteiger partial charge on any atom is 0.297 e. The Morgan fingerprint density at radius 3 is 1.72 bits per heavy atom. The molecule has 0 aliphatic carbocycles. The van der Waals surface area contributed by atoms with Crippen molar-refractivity contribution in [1.29, 1.82) is 5.26 Å². The number of methoxy groups -OCH3 is 2. The third-order valence-electron chi connectivity index (χ3n) is 13.3. The summed E-state index contributed by atoms with van der Waals surface area (Å²) in [6.45, 7) is 22.2. The van der Waals surface area contributed by atoms with E-state index in [-0.39, 0.29) is 66.6 Å². The highest BCUT2D eigenvalue weighted by atomic mass is 32.2. The van der Waals surface area contributed by atoms with Gasteiger partial charge in [-0.15, -0.1) is 38.0 Å². The molecule has 4 aromatic carbocycles. The molecular formula is C61H61N17O11S4. The number of nitriles is 1. The number of carbonyl (C=O) groups is 6. The molecule has 3 aromatic heterocycles. The molecule has 0 bridgehead atoms. The average Bonchev–Trinajstić information content (AvgIpc) is 1.74. The minimum Gasteiger partial charge on any atom is -0.494 e. The van der Waals surface area contributed by atoms with Gasteiger partial charge in [-0.2, -0.15) is 33.7 Å². The Morgan fingerprint density at radius 1 is 0.731 bits per heavy atom. The van der Waals surface area contributed by atoms with Crippen molar-refractivity contribution in [1.82, 2.24) is 15.0 Å². The average molecular weight is 1340 g/mol. The summed E-state index contributed by atoms with van der Waals surface area (Å²) >= 11 is 2.82. The van der Waals surface area contributed by atoms with E-state index in [2.05, 4.69) is 51.9 Å². The number of thioether (sulfide) groups is 1. The highest BCUT2D eigenvalue weighted by Gasteiger charge is 2.30. The first-order valence-corrected chi connectivity index (χ1v) is 32.1.